The van der Waals surface area contributed by atoms with Crippen LogP contribution in [-0.4, -0.2) is 20.0 Å². The number of rotatable bonds is 4. The Bertz CT molecular complexity index is 1600. The van der Waals surface area contributed by atoms with Crippen molar-refractivity contribution in [2.45, 2.75) is 6.92 Å². The molecule has 7 nitrogen and oxygen atoms in total. The van der Waals surface area contributed by atoms with Crippen molar-refractivity contribution in [3.05, 3.63) is 129 Å². The lowest BCUT2D eigenvalue weighted by Gasteiger charge is -2.10. The molecule has 166 valence electrons. The summed E-state index contributed by atoms with van der Waals surface area (Å²) in [5.74, 6) is 0.137. The quantitative estimate of drug-likeness (QED) is 0.408. The molecule has 0 spiro atoms. The van der Waals surface area contributed by atoms with Gasteiger partial charge < -0.3 is 4.42 Å². The third-order valence-electron chi connectivity index (χ3n) is 5.38. The number of carbonyl (C=O) groups is 1. The topological polar surface area (TPSA) is 87.1 Å². The molecular weight excluding hydrogens is 430 g/mol. The highest BCUT2D eigenvalue weighted by Gasteiger charge is 2.23. The normalized spacial score (nSPS) is 10.9. The lowest BCUT2D eigenvalue weighted by atomic mass is 10.2. The van der Waals surface area contributed by atoms with E-state index in [9.17, 15) is 14.4 Å². The lowest BCUT2D eigenvalue weighted by Crippen LogP contribution is -2.44. The second kappa shape index (κ2) is 8.63. The van der Waals surface area contributed by atoms with Gasteiger partial charge in [-0.15, -0.1) is 0 Å². The Kier molecular flexibility index (Phi) is 5.35. The molecule has 0 bridgehead atoms. The van der Waals surface area contributed by atoms with Crippen molar-refractivity contribution in [3.63, 3.8) is 0 Å². The first kappa shape index (κ1) is 21.1. The van der Waals surface area contributed by atoms with Crippen LogP contribution in [0.3, 0.4) is 0 Å². The fourth-order valence-corrected chi connectivity index (χ4v) is 3.67. The molecule has 0 amide bonds. The van der Waals surface area contributed by atoms with Gasteiger partial charge in [0.05, 0.1) is 0 Å². The van der Waals surface area contributed by atoms with Crippen molar-refractivity contribution in [1.82, 2.24) is 14.1 Å². The van der Waals surface area contributed by atoms with E-state index in [1.807, 2.05) is 60.7 Å². The minimum Gasteiger partial charge on any atom is -0.434 e. The Labute approximate surface area is 194 Å². The van der Waals surface area contributed by atoms with Gasteiger partial charge in [-0.3, -0.25) is 9.59 Å². The van der Waals surface area contributed by atoms with Crippen molar-refractivity contribution in [2.75, 3.05) is 0 Å². The van der Waals surface area contributed by atoms with Crippen LogP contribution in [0.15, 0.2) is 111 Å². The molecule has 0 aliphatic carbocycles. The van der Waals surface area contributed by atoms with Crippen LogP contribution in [-0.2, 0) is 0 Å². The number of oxazole rings is 1. The van der Waals surface area contributed by atoms with Crippen molar-refractivity contribution in [2.24, 2.45) is 0 Å². The van der Waals surface area contributed by atoms with E-state index >= 15 is 0 Å². The Morgan fingerprint density at radius 1 is 0.794 bits per heavy atom. The fourth-order valence-electron chi connectivity index (χ4n) is 3.67. The summed E-state index contributed by atoms with van der Waals surface area (Å²) < 4.78 is 7.93. The Morgan fingerprint density at radius 2 is 1.35 bits per heavy atom. The van der Waals surface area contributed by atoms with Gasteiger partial charge in [0.2, 0.25) is 5.89 Å². The first-order valence-corrected chi connectivity index (χ1v) is 10.6. The van der Waals surface area contributed by atoms with Crippen molar-refractivity contribution >= 4 is 5.91 Å². The summed E-state index contributed by atoms with van der Waals surface area (Å²) in [7, 11) is 0. The number of nitrogens with zero attached hydrogens (tertiary/aromatic N) is 3. The van der Waals surface area contributed by atoms with E-state index in [4.69, 9.17) is 4.42 Å². The van der Waals surface area contributed by atoms with Crippen LogP contribution >= 0.6 is 0 Å². The fraction of sp³-hybridized carbons (Fsp3) is 0.0370. The first-order valence-electron chi connectivity index (χ1n) is 10.6. The number of aromatic nitrogens is 3. The van der Waals surface area contributed by atoms with Gasteiger partial charge in [-0.05, 0) is 31.2 Å². The standard InChI is InChI=1S/C27H19N3O4/c1-18-17-29(27(33)30(25(18)31)26(32)21-15-9-4-10-16-21)23-22(19-11-5-2-6-12-19)34-24(28-23)20-13-7-3-8-14-20/h2-17H,1H3. The molecule has 2 heterocycles. The molecule has 0 saturated carbocycles. The van der Waals surface area contributed by atoms with Crippen LogP contribution in [0, 0.1) is 6.92 Å². The van der Waals surface area contributed by atoms with E-state index in [0.29, 0.717) is 21.8 Å². The molecule has 0 aliphatic heterocycles. The maximum Gasteiger partial charge on any atom is 0.344 e. The summed E-state index contributed by atoms with van der Waals surface area (Å²) in [5.41, 5.74) is 0.366. The van der Waals surface area contributed by atoms with Gasteiger partial charge in [-0.2, -0.15) is 9.55 Å². The van der Waals surface area contributed by atoms with Crippen LogP contribution in [0.25, 0.3) is 28.6 Å². The second-order valence-electron chi connectivity index (χ2n) is 7.68. The lowest BCUT2D eigenvalue weighted by molar-refractivity contribution is 0.0949. The molecule has 0 saturated heterocycles. The first-order chi connectivity index (χ1) is 16.5. The zero-order chi connectivity index (χ0) is 23.7. The van der Waals surface area contributed by atoms with E-state index in [-0.39, 0.29) is 16.9 Å². The summed E-state index contributed by atoms with van der Waals surface area (Å²) in [6.07, 6.45) is 1.39. The summed E-state index contributed by atoms with van der Waals surface area (Å²) in [6.45, 7) is 1.55. The van der Waals surface area contributed by atoms with E-state index in [1.165, 1.54) is 10.8 Å². The zero-order valence-electron chi connectivity index (χ0n) is 18.2. The van der Waals surface area contributed by atoms with E-state index in [0.717, 1.165) is 5.56 Å². The number of aryl methyl sites for hydroxylation is 1. The minimum atomic E-state index is -0.824. The SMILES string of the molecule is Cc1cn(-c2nc(-c3ccccc3)oc2-c2ccccc2)c(=O)n(C(=O)c2ccccc2)c1=O. The summed E-state index contributed by atoms with van der Waals surface area (Å²) >= 11 is 0. The Morgan fingerprint density at radius 3 is 1.97 bits per heavy atom. The molecule has 7 heteroatoms. The summed E-state index contributed by atoms with van der Waals surface area (Å²) in [5, 5.41) is 0. The highest BCUT2D eigenvalue weighted by molar-refractivity contribution is 5.95. The molecule has 0 fully saturated rings. The van der Waals surface area contributed by atoms with Crippen molar-refractivity contribution in [1.29, 1.82) is 0 Å². The minimum absolute atomic E-state index is 0.188. The number of benzene rings is 3. The maximum atomic E-state index is 13.5. The Balaban J connectivity index is 1.77. The summed E-state index contributed by atoms with van der Waals surface area (Å²) in [6, 6.07) is 26.7. The van der Waals surface area contributed by atoms with Crippen LogP contribution in [0.4, 0.5) is 0 Å². The highest BCUT2D eigenvalue weighted by atomic mass is 16.4. The molecule has 0 radical (unpaired) electrons. The molecule has 0 unspecified atom stereocenters. The van der Waals surface area contributed by atoms with Crippen LogP contribution < -0.4 is 11.2 Å². The molecule has 3 aromatic carbocycles. The van der Waals surface area contributed by atoms with Gasteiger partial charge in [0.1, 0.15) is 0 Å². The molecule has 0 N–H and O–H groups in total. The summed E-state index contributed by atoms with van der Waals surface area (Å²) in [4.78, 5) is 44.1. The zero-order valence-corrected chi connectivity index (χ0v) is 18.2. The average molecular weight is 449 g/mol. The molecule has 0 atom stereocenters. The van der Waals surface area contributed by atoms with Crippen LogP contribution in [0.5, 0.6) is 0 Å². The maximum absolute atomic E-state index is 13.5. The van der Waals surface area contributed by atoms with Gasteiger partial charge >= 0.3 is 5.69 Å². The monoisotopic (exact) mass is 449 g/mol. The number of hydrogen-bond donors (Lipinski definition) is 0. The van der Waals surface area contributed by atoms with E-state index in [1.54, 1.807) is 37.3 Å². The largest absolute Gasteiger partial charge is 0.434 e. The van der Waals surface area contributed by atoms with Crippen molar-refractivity contribution in [3.8, 4) is 28.6 Å². The van der Waals surface area contributed by atoms with Crippen LogP contribution in [0.2, 0.25) is 0 Å². The Hall–Kier alpha value is -4.78. The number of hydrogen-bond acceptors (Lipinski definition) is 5. The van der Waals surface area contributed by atoms with Gasteiger partial charge in [0.25, 0.3) is 11.5 Å². The van der Waals surface area contributed by atoms with Gasteiger partial charge in [0.15, 0.2) is 11.6 Å². The van der Waals surface area contributed by atoms with Gasteiger partial charge in [-0.1, -0.05) is 66.7 Å². The predicted molar refractivity (Wildman–Crippen MR) is 128 cm³/mol. The smallest absolute Gasteiger partial charge is 0.344 e. The molecule has 5 rings (SSSR count). The van der Waals surface area contributed by atoms with Gasteiger partial charge in [-0.25, -0.2) is 9.36 Å². The molecule has 5 aromatic rings. The molecular formula is C27H19N3O4. The third kappa shape index (κ3) is 3.69. The van der Waals surface area contributed by atoms with Gasteiger partial charge in [0, 0.05) is 28.5 Å². The predicted octanol–water partition coefficient (Wildman–Crippen LogP) is 4.32. The molecule has 2 aromatic heterocycles. The number of carbonyl (C=O) groups excluding carboxylic acids is 1. The molecule has 0 aliphatic rings. The van der Waals surface area contributed by atoms with Crippen LogP contribution in [0.1, 0.15) is 15.9 Å². The third-order valence-corrected chi connectivity index (χ3v) is 5.38. The molecule has 34 heavy (non-hydrogen) atoms. The second-order valence-corrected chi connectivity index (χ2v) is 7.68. The highest BCUT2D eigenvalue weighted by Crippen LogP contribution is 2.31. The van der Waals surface area contributed by atoms with E-state index in [2.05, 4.69) is 4.98 Å². The van der Waals surface area contributed by atoms with Crippen molar-refractivity contribution < 1.29 is 9.21 Å². The van der Waals surface area contributed by atoms with E-state index < -0.39 is 17.2 Å². The average Bonchev–Trinajstić information content (AvgIpc) is 3.33.